The van der Waals surface area contributed by atoms with E-state index in [4.69, 9.17) is 4.74 Å². The summed E-state index contributed by atoms with van der Waals surface area (Å²) in [7, 11) is 0. The first kappa shape index (κ1) is 16.8. The number of carboxylic acids is 1. The number of nitrogens with zero attached hydrogens (tertiary/aromatic N) is 2. The van der Waals surface area contributed by atoms with Crippen LogP contribution in [0.15, 0.2) is 53.0 Å². The molecule has 0 spiro atoms. The highest BCUT2D eigenvalue weighted by atomic mass is 79.9. The van der Waals surface area contributed by atoms with Gasteiger partial charge in [-0.3, -0.25) is 10.1 Å². The number of ether oxygens (including phenoxy) is 1. The van der Waals surface area contributed by atoms with Gasteiger partial charge in [0.15, 0.2) is 11.2 Å². The Morgan fingerprint density at radius 1 is 1.24 bits per heavy atom. The summed E-state index contributed by atoms with van der Waals surface area (Å²) < 4.78 is 6.28. The fourth-order valence-corrected chi connectivity index (χ4v) is 2.87. The SMILES string of the molecule is O=C(O)c1cc(OCc2ccccc2)c2c(Br)ccc([N+](=O)[O-])c2n1. The van der Waals surface area contributed by atoms with E-state index in [0.717, 1.165) is 5.56 Å². The molecule has 7 nitrogen and oxygen atoms in total. The Balaban J connectivity index is 2.16. The number of halogens is 1. The van der Waals surface area contributed by atoms with Gasteiger partial charge in [0, 0.05) is 16.6 Å². The quantitative estimate of drug-likeness (QED) is 0.507. The second-order valence-corrected chi connectivity index (χ2v) is 5.99. The summed E-state index contributed by atoms with van der Waals surface area (Å²) in [5.41, 5.74) is 0.232. The number of aromatic nitrogens is 1. The molecule has 0 fully saturated rings. The first-order valence-electron chi connectivity index (χ1n) is 7.15. The Labute approximate surface area is 150 Å². The molecule has 0 bridgehead atoms. The number of nitro benzene ring substituents is 1. The van der Waals surface area contributed by atoms with Gasteiger partial charge in [0.05, 0.1) is 10.3 Å². The number of carboxylic acid groups (broad SMARTS) is 1. The maximum atomic E-state index is 11.3. The van der Waals surface area contributed by atoms with Gasteiger partial charge in [0.1, 0.15) is 12.4 Å². The molecule has 0 saturated carbocycles. The largest absolute Gasteiger partial charge is 0.488 e. The summed E-state index contributed by atoms with van der Waals surface area (Å²) in [4.78, 5) is 25.9. The van der Waals surface area contributed by atoms with Gasteiger partial charge in [-0.1, -0.05) is 30.3 Å². The molecule has 0 aliphatic heterocycles. The molecule has 1 heterocycles. The van der Waals surface area contributed by atoms with Crippen molar-refractivity contribution in [3.63, 3.8) is 0 Å². The smallest absolute Gasteiger partial charge is 0.354 e. The molecule has 3 aromatic rings. The van der Waals surface area contributed by atoms with Crippen LogP contribution >= 0.6 is 15.9 Å². The van der Waals surface area contributed by atoms with Crippen LogP contribution in [0.25, 0.3) is 10.9 Å². The van der Waals surface area contributed by atoms with Crippen LogP contribution in [0, 0.1) is 10.1 Å². The first-order valence-corrected chi connectivity index (χ1v) is 7.94. The monoisotopic (exact) mass is 402 g/mol. The molecule has 0 aliphatic rings. The maximum absolute atomic E-state index is 11.3. The molecule has 0 unspecified atom stereocenters. The van der Waals surface area contributed by atoms with E-state index in [-0.39, 0.29) is 29.3 Å². The lowest BCUT2D eigenvalue weighted by molar-refractivity contribution is -0.383. The number of hydrogen-bond donors (Lipinski definition) is 1. The second-order valence-electron chi connectivity index (χ2n) is 5.13. The molecule has 0 atom stereocenters. The molecule has 25 heavy (non-hydrogen) atoms. The van der Waals surface area contributed by atoms with Crippen molar-refractivity contribution in [1.29, 1.82) is 0 Å². The van der Waals surface area contributed by atoms with Crippen molar-refractivity contribution in [2.45, 2.75) is 6.61 Å². The Morgan fingerprint density at radius 2 is 1.96 bits per heavy atom. The number of rotatable bonds is 5. The molecular weight excluding hydrogens is 392 g/mol. The van der Waals surface area contributed by atoms with E-state index in [0.29, 0.717) is 9.86 Å². The number of non-ortho nitro benzene ring substituents is 1. The van der Waals surface area contributed by atoms with Crippen molar-refractivity contribution in [2.24, 2.45) is 0 Å². The van der Waals surface area contributed by atoms with E-state index in [9.17, 15) is 20.0 Å². The van der Waals surface area contributed by atoms with Crippen molar-refractivity contribution >= 4 is 38.5 Å². The third-order valence-electron chi connectivity index (χ3n) is 3.51. The van der Waals surface area contributed by atoms with Gasteiger partial charge in [-0.25, -0.2) is 9.78 Å². The Kier molecular flexibility index (Phi) is 4.62. The zero-order chi connectivity index (χ0) is 18.0. The molecule has 0 radical (unpaired) electrons. The van der Waals surface area contributed by atoms with Crippen molar-refractivity contribution < 1.29 is 19.6 Å². The zero-order valence-corrected chi connectivity index (χ0v) is 14.3. The second kappa shape index (κ2) is 6.86. The molecule has 126 valence electrons. The summed E-state index contributed by atoms with van der Waals surface area (Å²) >= 11 is 3.33. The lowest BCUT2D eigenvalue weighted by atomic mass is 10.1. The number of benzene rings is 2. The predicted molar refractivity (Wildman–Crippen MR) is 93.8 cm³/mol. The number of nitro groups is 1. The van der Waals surface area contributed by atoms with Crippen LogP contribution in [0.3, 0.4) is 0 Å². The lowest BCUT2D eigenvalue weighted by Gasteiger charge is -2.12. The predicted octanol–water partition coefficient (Wildman–Crippen LogP) is 4.18. The molecule has 0 saturated heterocycles. The van der Waals surface area contributed by atoms with E-state index in [1.54, 1.807) is 0 Å². The molecule has 1 N–H and O–H groups in total. The van der Waals surface area contributed by atoms with Crippen LogP contribution in [0.1, 0.15) is 16.1 Å². The number of carbonyl (C=O) groups is 1. The van der Waals surface area contributed by atoms with E-state index in [2.05, 4.69) is 20.9 Å². The van der Waals surface area contributed by atoms with Crippen molar-refractivity contribution in [1.82, 2.24) is 4.98 Å². The Morgan fingerprint density at radius 3 is 2.60 bits per heavy atom. The molecule has 8 heteroatoms. The van der Waals surface area contributed by atoms with Gasteiger partial charge in [-0.05, 0) is 27.6 Å². The van der Waals surface area contributed by atoms with E-state index in [1.165, 1.54) is 18.2 Å². The van der Waals surface area contributed by atoms with Gasteiger partial charge < -0.3 is 9.84 Å². The standard InChI is InChI=1S/C17H11BrN2O5/c18-11-6-7-13(20(23)24)16-15(11)14(8-12(19-16)17(21)22)25-9-10-4-2-1-3-5-10/h1-8H,9H2,(H,21,22). The fraction of sp³-hybridized carbons (Fsp3) is 0.0588. The zero-order valence-electron chi connectivity index (χ0n) is 12.7. The number of pyridine rings is 1. The Bertz CT molecular complexity index is 976. The number of aromatic carboxylic acids is 1. The van der Waals surface area contributed by atoms with E-state index in [1.807, 2.05) is 30.3 Å². The molecule has 2 aromatic carbocycles. The van der Waals surface area contributed by atoms with Crippen LogP contribution in [-0.2, 0) is 6.61 Å². The first-order chi connectivity index (χ1) is 12.0. The van der Waals surface area contributed by atoms with Gasteiger partial charge in [-0.2, -0.15) is 0 Å². The molecule has 0 amide bonds. The van der Waals surface area contributed by atoms with Crippen molar-refractivity contribution in [3.8, 4) is 5.75 Å². The molecule has 0 aliphatic carbocycles. The average molecular weight is 403 g/mol. The minimum atomic E-state index is -1.29. The highest BCUT2D eigenvalue weighted by Gasteiger charge is 2.22. The minimum absolute atomic E-state index is 0.0395. The van der Waals surface area contributed by atoms with Crippen LogP contribution < -0.4 is 4.74 Å². The van der Waals surface area contributed by atoms with Crippen LogP contribution in [0.5, 0.6) is 5.75 Å². The van der Waals surface area contributed by atoms with Crippen molar-refractivity contribution in [3.05, 3.63) is 74.4 Å². The normalized spacial score (nSPS) is 10.6. The number of fused-ring (bicyclic) bond motifs is 1. The minimum Gasteiger partial charge on any atom is -0.488 e. The summed E-state index contributed by atoms with van der Waals surface area (Å²) in [6, 6.07) is 13.3. The number of hydrogen-bond acceptors (Lipinski definition) is 5. The summed E-state index contributed by atoms with van der Waals surface area (Å²) in [5.74, 6) is -1.08. The van der Waals surface area contributed by atoms with Crippen LogP contribution in [-0.4, -0.2) is 21.0 Å². The third-order valence-corrected chi connectivity index (χ3v) is 4.17. The Hall–Kier alpha value is -3.00. The average Bonchev–Trinajstić information content (AvgIpc) is 2.60. The van der Waals surface area contributed by atoms with Gasteiger partial charge in [0.25, 0.3) is 5.69 Å². The molecular formula is C17H11BrN2O5. The summed E-state index contributed by atoms with van der Waals surface area (Å²) in [6.07, 6.45) is 0. The fourth-order valence-electron chi connectivity index (χ4n) is 2.36. The van der Waals surface area contributed by atoms with Crippen LogP contribution in [0.2, 0.25) is 0 Å². The molecule has 3 rings (SSSR count). The highest BCUT2D eigenvalue weighted by Crippen LogP contribution is 2.37. The van der Waals surface area contributed by atoms with Gasteiger partial charge in [-0.15, -0.1) is 0 Å². The van der Waals surface area contributed by atoms with E-state index >= 15 is 0 Å². The third kappa shape index (κ3) is 3.43. The maximum Gasteiger partial charge on any atom is 0.354 e. The topological polar surface area (TPSA) is 103 Å². The summed E-state index contributed by atoms with van der Waals surface area (Å²) in [5, 5.41) is 20.9. The van der Waals surface area contributed by atoms with Gasteiger partial charge in [0.2, 0.25) is 0 Å². The lowest BCUT2D eigenvalue weighted by Crippen LogP contribution is -2.05. The van der Waals surface area contributed by atoms with E-state index < -0.39 is 10.9 Å². The highest BCUT2D eigenvalue weighted by molar-refractivity contribution is 9.10. The van der Waals surface area contributed by atoms with Gasteiger partial charge >= 0.3 is 5.97 Å². The van der Waals surface area contributed by atoms with Crippen molar-refractivity contribution in [2.75, 3.05) is 0 Å². The summed E-state index contributed by atoms with van der Waals surface area (Å²) in [6.45, 7) is 0.189. The molecule has 1 aromatic heterocycles. The van der Waals surface area contributed by atoms with Crippen LogP contribution in [0.4, 0.5) is 5.69 Å².